The first-order chi connectivity index (χ1) is 10.7. The molecular weight excluding hydrogens is 288 g/mol. The Kier molecular flexibility index (Phi) is 4.97. The van der Waals surface area contributed by atoms with Crippen LogP contribution in [0.25, 0.3) is 0 Å². The number of benzene rings is 1. The fraction of sp³-hybridized carbons (Fsp3) is 0.214. The Morgan fingerprint density at radius 1 is 1.00 bits per heavy atom. The molecule has 0 spiro atoms. The highest BCUT2D eigenvalue weighted by Gasteiger charge is 2.09. The molecule has 2 amide bonds. The average Bonchev–Trinajstić information content (AvgIpc) is 2.55. The van der Waals surface area contributed by atoms with E-state index in [0.29, 0.717) is 22.9 Å². The first kappa shape index (κ1) is 15.4. The summed E-state index contributed by atoms with van der Waals surface area (Å²) >= 11 is 0. The summed E-state index contributed by atoms with van der Waals surface area (Å²) in [5.74, 6) is 1.12. The molecular formula is C14H16N4O4. The highest BCUT2D eigenvalue weighted by atomic mass is 16.5. The van der Waals surface area contributed by atoms with E-state index in [-0.39, 0.29) is 6.01 Å². The van der Waals surface area contributed by atoms with E-state index in [1.165, 1.54) is 26.6 Å². The minimum atomic E-state index is -0.447. The number of methoxy groups -OCH3 is 3. The molecule has 1 aromatic heterocycles. The molecule has 0 radical (unpaired) electrons. The number of carbonyl (C=O) groups excluding carboxylic acids is 1. The van der Waals surface area contributed by atoms with Crippen molar-refractivity contribution in [3.05, 3.63) is 30.6 Å². The third-order valence-electron chi connectivity index (χ3n) is 2.73. The second-order valence-corrected chi connectivity index (χ2v) is 4.10. The monoisotopic (exact) mass is 304 g/mol. The summed E-state index contributed by atoms with van der Waals surface area (Å²) in [4.78, 5) is 19.8. The molecule has 2 aromatic rings. The highest BCUT2D eigenvalue weighted by molar-refractivity contribution is 6.00. The van der Waals surface area contributed by atoms with Crippen molar-refractivity contribution in [2.24, 2.45) is 0 Å². The van der Waals surface area contributed by atoms with Crippen LogP contribution in [0.15, 0.2) is 30.6 Å². The number of amides is 2. The summed E-state index contributed by atoms with van der Waals surface area (Å²) in [6.45, 7) is 0. The first-order valence-electron chi connectivity index (χ1n) is 6.32. The molecule has 2 N–H and O–H groups in total. The molecule has 0 unspecified atom stereocenters. The fourth-order valence-corrected chi connectivity index (χ4v) is 1.67. The van der Waals surface area contributed by atoms with E-state index < -0.39 is 6.03 Å². The van der Waals surface area contributed by atoms with E-state index in [1.54, 1.807) is 25.3 Å². The van der Waals surface area contributed by atoms with E-state index >= 15 is 0 Å². The molecule has 0 atom stereocenters. The van der Waals surface area contributed by atoms with Gasteiger partial charge in [0, 0.05) is 6.07 Å². The Balaban J connectivity index is 2.04. The second-order valence-electron chi connectivity index (χ2n) is 4.10. The Labute approximate surface area is 127 Å². The summed E-state index contributed by atoms with van der Waals surface area (Å²) in [5.41, 5.74) is 0.945. The van der Waals surface area contributed by atoms with E-state index in [1.807, 2.05) is 0 Å². The zero-order valence-electron chi connectivity index (χ0n) is 12.4. The van der Waals surface area contributed by atoms with Crippen LogP contribution in [0.5, 0.6) is 17.5 Å². The lowest BCUT2D eigenvalue weighted by molar-refractivity contribution is 0.262. The smallest absolute Gasteiger partial charge is 0.323 e. The lowest BCUT2D eigenvalue weighted by atomic mass is 10.2. The van der Waals surface area contributed by atoms with E-state index in [9.17, 15) is 4.79 Å². The molecule has 1 aromatic carbocycles. The molecule has 116 valence electrons. The number of hydrogen-bond acceptors (Lipinski definition) is 6. The van der Waals surface area contributed by atoms with Gasteiger partial charge in [-0.05, 0) is 12.1 Å². The molecule has 8 nitrogen and oxygen atoms in total. The molecule has 0 aliphatic rings. The predicted octanol–water partition coefficient (Wildman–Crippen LogP) is 2.15. The summed E-state index contributed by atoms with van der Waals surface area (Å²) < 4.78 is 15.1. The van der Waals surface area contributed by atoms with Gasteiger partial charge in [0.05, 0.1) is 45.1 Å². The number of carbonyl (C=O) groups is 1. The molecule has 0 saturated carbocycles. The topological polar surface area (TPSA) is 94.6 Å². The van der Waals surface area contributed by atoms with Crippen LogP contribution in [0.4, 0.5) is 16.2 Å². The van der Waals surface area contributed by atoms with Gasteiger partial charge in [-0.3, -0.25) is 0 Å². The van der Waals surface area contributed by atoms with Crippen LogP contribution in [0.2, 0.25) is 0 Å². The van der Waals surface area contributed by atoms with Crippen molar-refractivity contribution in [1.29, 1.82) is 0 Å². The van der Waals surface area contributed by atoms with Gasteiger partial charge in [-0.25, -0.2) is 14.8 Å². The Morgan fingerprint density at radius 2 is 1.73 bits per heavy atom. The summed E-state index contributed by atoms with van der Waals surface area (Å²) in [6.07, 6.45) is 2.88. The molecule has 2 rings (SSSR count). The van der Waals surface area contributed by atoms with Gasteiger partial charge < -0.3 is 24.8 Å². The predicted molar refractivity (Wildman–Crippen MR) is 80.8 cm³/mol. The number of urea groups is 1. The van der Waals surface area contributed by atoms with Crippen LogP contribution >= 0.6 is 0 Å². The van der Waals surface area contributed by atoms with Gasteiger partial charge in [-0.2, -0.15) is 0 Å². The van der Waals surface area contributed by atoms with Crippen LogP contribution in [0.1, 0.15) is 0 Å². The van der Waals surface area contributed by atoms with Crippen molar-refractivity contribution in [3.8, 4) is 17.5 Å². The maximum atomic E-state index is 12.0. The Hall–Kier alpha value is -3.03. The maximum absolute atomic E-state index is 12.0. The van der Waals surface area contributed by atoms with Crippen molar-refractivity contribution in [2.45, 2.75) is 0 Å². The van der Waals surface area contributed by atoms with Gasteiger partial charge in [0.15, 0.2) is 0 Å². The highest BCUT2D eigenvalue weighted by Crippen LogP contribution is 2.29. The van der Waals surface area contributed by atoms with Gasteiger partial charge in [0.25, 0.3) is 0 Å². The molecule has 0 aliphatic heterocycles. The SMILES string of the molecule is COc1ccc(NC(=O)Nc2cnc(OC)nc2)c(OC)c1. The van der Waals surface area contributed by atoms with Crippen molar-refractivity contribution in [2.75, 3.05) is 32.0 Å². The maximum Gasteiger partial charge on any atom is 0.323 e. The van der Waals surface area contributed by atoms with Crippen molar-refractivity contribution in [3.63, 3.8) is 0 Å². The van der Waals surface area contributed by atoms with Crippen molar-refractivity contribution >= 4 is 17.4 Å². The summed E-state index contributed by atoms with van der Waals surface area (Å²) in [7, 11) is 4.53. The molecule has 0 saturated heterocycles. The normalized spacial score (nSPS) is 9.77. The zero-order chi connectivity index (χ0) is 15.9. The average molecular weight is 304 g/mol. The lowest BCUT2D eigenvalue weighted by Crippen LogP contribution is -2.20. The van der Waals surface area contributed by atoms with Gasteiger partial charge in [0.2, 0.25) is 0 Å². The molecule has 22 heavy (non-hydrogen) atoms. The van der Waals surface area contributed by atoms with Gasteiger partial charge in [0.1, 0.15) is 11.5 Å². The molecule has 0 fully saturated rings. The number of nitrogens with zero attached hydrogens (tertiary/aromatic N) is 2. The zero-order valence-corrected chi connectivity index (χ0v) is 12.4. The van der Waals surface area contributed by atoms with E-state index in [2.05, 4.69) is 20.6 Å². The number of aromatic nitrogens is 2. The van der Waals surface area contributed by atoms with Gasteiger partial charge in [-0.1, -0.05) is 0 Å². The minimum absolute atomic E-state index is 0.225. The molecule has 0 bridgehead atoms. The third-order valence-corrected chi connectivity index (χ3v) is 2.73. The first-order valence-corrected chi connectivity index (χ1v) is 6.32. The summed E-state index contributed by atoms with van der Waals surface area (Å²) in [5, 5.41) is 5.28. The number of ether oxygens (including phenoxy) is 3. The second kappa shape index (κ2) is 7.11. The van der Waals surface area contributed by atoms with Crippen LogP contribution < -0.4 is 24.8 Å². The van der Waals surface area contributed by atoms with Crippen LogP contribution in [-0.4, -0.2) is 37.3 Å². The van der Waals surface area contributed by atoms with E-state index in [4.69, 9.17) is 14.2 Å². The number of nitrogens with one attached hydrogen (secondary N) is 2. The van der Waals surface area contributed by atoms with Crippen molar-refractivity contribution < 1.29 is 19.0 Å². The third kappa shape index (κ3) is 3.75. The van der Waals surface area contributed by atoms with E-state index in [0.717, 1.165) is 0 Å². The standard InChI is InChI=1S/C14H16N4O4/c1-20-10-4-5-11(12(6-10)21-2)18-13(19)17-9-7-15-14(22-3)16-8-9/h4-8H,1-3H3,(H2,17,18,19). The van der Waals surface area contributed by atoms with Crippen LogP contribution in [-0.2, 0) is 0 Å². The minimum Gasteiger partial charge on any atom is -0.497 e. The Morgan fingerprint density at radius 3 is 2.32 bits per heavy atom. The molecule has 0 aliphatic carbocycles. The number of hydrogen-bond donors (Lipinski definition) is 2. The number of anilines is 2. The summed E-state index contributed by atoms with van der Waals surface area (Å²) in [6, 6.07) is 4.85. The van der Waals surface area contributed by atoms with Gasteiger partial charge >= 0.3 is 12.0 Å². The molecule has 8 heteroatoms. The van der Waals surface area contributed by atoms with Gasteiger partial charge in [-0.15, -0.1) is 0 Å². The number of rotatable bonds is 5. The lowest BCUT2D eigenvalue weighted by Gasteiger charge is -2.12. The largest absolute Gasteiger partial charge is 0.497 e. The van der Waals surface area contributed by atoms with Crippen molar-refractivity contribution in [1.82, 2.24) is 9.97 Å². The fourth-order valence-electron chi connectivity index (χ4n) is 1.67. The quantitative estimate of drug-likeness (QED) is 0.879. The molecule has 1 heterocycles. The Bertz CT molecular complexity index is 646. The van der Waals surface area contributed by atoms with Crippen LogP contribution in [0.3, 0.4) is 0 Å². The van der Waals surface area contributed by atoms with Crippen LogP contribution in [0, 0.1) is 0 Å².